The molecule has 0 fully saturated rings. The molecule has 0 spiro atoms. The van der Waals surface area contributed by atoms with Gasteiger partial charge in [-0.1, -0.05) is 40.3 Å². The van der Waals surface area contributed by atoms with Crippen molar-refractivity contribution >= 4 is 0 Å². The Morgan fingerprint density at radius 2 is 1.35 bits per heavy atom. The van der Waals surface area contributed by atoms with Crippen LogP contribution in [0.2, 0.25) is 0 Å². The van der Waals surface area contributed by atoms with Gasteiger partial charge in [-0.25, -0.2) is 4.68 Å². The summed E-state index contributed by atoms with van der Waals surface area (Å²) >= 11 is 0. The van der Waals surface area contributed by atoms with Gasteiger partial charge in [0.15, 0.2) is 0 Å². The van der Waals surface area contributed by atoms with Crippen LogP contribution in [0.4, 0.5) is 0 Å². The van der Waals surface area contributed by atoms with Crippen molar-refractivity contribution in [2.24, 2.45) is 0 Å². The summed E-state index contributed by atoms with van der Waals surface area (Å²) in [6, 6.07) is 0.887. The van der Waals surface area contributed by atoms with Gasteiger partial charge in [0.1, 0.15) is 0 Å². The second-order valence-electron chi connectivity index (χ2n) is 6.87. The normalized spacial score (nSPS) is 11.0. The molecule has 0 unspecified atom stereocenters. The highest BCUT2D eigenvalue weighted by Gasteiger charge is 2.06. The van der Waals surface area contributed by atoms with E-state index in [1.165, 1.54) is 5.56 Å². The molecule has 0 saturated heterocycles. The molecule has 23 heavy (non-hydrogen) atoms. The molecule has 0 N–H and O–H groups in total. The third-order valence-corrected chi connectivity index (χ3v) is 3.47. The predicted octanol–water partition coefficient (Wildman–Crippen LogP) is 5.21. The smallest absolute Gasteiger partial charge is 0.0852 e. The molecule has 2 rings (SSSR count). The van der Waals surface area contributed by atoms with Crippen LogP contribution in [0.15, 0.2) is 18.6 Å². The van der Waals surface area contributed by atoms with Gasteiger partial charge in [0.05, 0.1) is 11.9 Å². The van der Waals surface area contributed by atoms with E-state index < -0.39 is 0 Å². The minimum Gasteiger partial charge on any atom is -0.270 e. The molecule has 0 radical (unpaired) electrons. The molecule has 0 aliphatic rings. The number of aromatic nitrogens is 5. The van der Waals surface area contributed by atoms with Crippen LogP contribution in [0, 0.1) is 0 Å². The largest absolute Gasteiger partial charge is 0.270 e. The van der Waals surface area contributed by atoms with Gasteiger partial charge in [-0.3, -0.25) is 4.68 Å². The zero-order valence-corrected chi connectivity index (χ0v) is 15.3. The summed E-state index contributed by atoms with van der Waals surface area (Å²) < 4.78 is 3.88. The average molecular weight is 322 g/mol. The average Bonchev–Trinajstić information content (AvgIpc) is 3.09. The summed E-state index contributed by atoms with van der Waals surface area (Å²) in [6.45, 7) is 17.1. The van der Waals surface area contributed by atoms with Crippen molar-refractivity contribution in [2.75, 3.05) is 0 Å². The molecule has 2 heterocycles. The molecule has 2 aromatic rings. The third-order valence-electron chi connectivity index (χ3n) is 3.47. The molecular formula is C18H35N5. The van der Waals surface area contributed by atoms with Gasteiger partial charge in [-0.2, -0.15) is 5.10 Å². The zero-order chi connectivity index (χ0) is 16.9. The molecule has 0 bridgehead atoms. The van der Waals surface area contributed by atoms with Crippen molar-refractivity contribution in [3.8, 4) is 0 Å². The molecule has 0 aliphatic carbocycles. The zero-order valence-electron chi connectivity index (χ0n) is 15.3. The minimum atomic E-state index is 0. The van der Waals surface area contributed by atoms with Crippen LogP contribution >= 0.6 is 0 Å². The minimum absolute atomic E-state index is 0. The first-order chi connectivity index (χ1) is 10.2. The Morgan fingerprint density at radius 3 is 1.61 bits per heavy atom. The van der Waals surface area contributed by atoms with Crippen molar-refractivity contribution in [3.63, 3.8) is 0 Å². The van der Waals surface area contributed by atoms with Crippen molar-refractivity contribution in [3.05, 3.63) is 29.8 Å². The molecule has 0 amide bonds. The van der Waals surface area contributed by atoms with E-state index in [9.17, 15) is 0 Å². The second-order valence-corrected chi connectivity index (χ2v) is 6.87. The van der Waals surface area contributed by atoms with Gasteiger partial charge in [0, 0.05) is 24.5 Å². The van der Waals surface area contributed by atoms with Crippen LogP contribution in [-0.2, 0) is 0 Å². The molecule has 0 aromatic carbocycles. The Morgan fingerprint density at radius 1 is 0.783 bits per heavy atom. The van der Waals surface area contributed by atoms with E-state index >= 15 is 0 Å². The first kappa shape index (κ1) is 21.4. The van der Waals surface area contributed by atoms with Crippen LogP contribution in [0.5, 0.6) is 0 Å². The molecule has 132 valence electrons. The van der Waals surface area contributed by atoms with Crippen molar-refractivity contribution < 1.29 is 0 Å². The molecule has 5 nitrogen and oxygen atoms in total. The van der Waals surface area contributed by atoms with E-state index in [0.717, 1.165) is 5.69 Å². The fourth-order valence-corrected chi connectivity index (χ4v) is 1.74. The van der Waals surface area contributed by atoms with E-state index in [4.69, 9.17) is 0 Å². The molecule has 0 aliphatic heterocycles. The standard InChI is InChI=1S/C9H16N2.C8H15N3.CH4/c1-7(2)9-5-10-11(6-9)8(3)4;1-6(2)8-5-11(7(3)4)10-9-8;/h5-8H,1-4H3;5-7H,1-4H3;1H4. The van der Waals surface area contributed by atoms with Crippen LogP contribution in [0.3, 0.4) is 0 Å². The molecule has 5 heteroatoms. The summed E-state index contributed by atoms with van der Waals surface area (Å²) in [6.07, 6.45) is 6.08. The summed E-state index contributed by atoms with van der Waals surface area (Å²) in [4.78, 5) is 0. The first-order valence-corrected chi connectivity index (χ1v) is 8.18. The maximum Gasteiger partial charge on any atom is 0.0852 e. The van der Waals surface area contributed by atoms with Crippen LogP contribution in [-0.4, -0.2) is 24.8 Å². The second kappa shape index (κ2) is 9.48. The highest BCUT2D eigenvalue weighted by molar-refractivity contribution is 5.08. The predicted molar refractivity (Wildman–Crippen MR) is 97.9 cm³/mol. The van der Waals surface area contributed by atoms with Gasteiger partial charge in [0.2, 0.25) is 0 Å². The van der Waals surface area contributed by atoms with Gasteiger partial charge >= 0.3 is 0 Å². The lowest BCUT2D eigenvalue weighted by Gasteiger charge is -2.03. The Labute approximate surface area is 142 Å². The summed E-state index contributed by atoms with van der Waals surface area (Å²) in [5.41, 5.74) is 2.39. The van der Waals surface area contributed by atoms with Gasteiger partial charge in [-0.05, 0) is 45.1 Å². The first-order valence-electron chi connectivity index (χ1n) is 8.18. The van der Waals surface area contributed by atoms with Crippen LogP contribution in [0.1, 0.15) is 98.0 Å². The van der Waals surface area contributed by atoms with E-state index in [1.54, 1.807) is 0 Å². The lowest BCUT2D eigenvalue weighted by Crippen LogP contribution is -2.00. The van der Waals surface area contributed by atoms with Gasteiger partial charge < -0.3 is 0 Å². The topological polar surface area (TPSA) is 48.5 Å². The van der Waals surface area contributed by atoms with Crippen LogP contribution < -0.4 is 0 Å². The van der Waals surface area contributed by atoms with Crippen LogP contribution in [0.25, 0.3) is 0 Å². The Balaban J connectivity index is 0.000000403. The summed E-state index contributed by atoms with van der Waals surface area (Å²) in [7, 11) is 0. The van der Waals surface area contributed by atoms with Gasteiger partial charge in [0.25, 0.3) is 0 Å². The molecule has 0 saturated carbocycles. The molecule has 2 aromatic heterocycles. The lowest BCUT2D eigenvalue weighted by atomic mass is 10.1. The number of nitrogens with zero attached hydrogens (tertiary/aromatic N) is 5. The summed E-state index contributed by atoms with van der Waals surface area (Å²) in [5, 5.41) is 12.3. The maximum atomic E-state index is 4.25. The monoisotopic (exact) mass is 321 g/mol. The number of hydrogen-bond acceptors (Lipinski definition) is 3. The van der Waals surface area contributed by atoms with Crippen molar-refractivity contribution in [2.45, 2.75) is 86.7 Å². The number of rotatable bonds is 4. The Kier molecular flexibility index (Phi) is 8.80. The summed E-state index contributed by atoms with van der Waals surface area (Å²) in [5.74, 6) is 1.06. The number of hydrogen-bond donors (Lipinski definition) is 0. The van der Waals surface area contributed by atoms with E-state index in [0.29, 0.717) is 23.9 Å². The quantitative estimate of drug-likeness (QED) is 0.777. The maximum absolute atomic E-state index is 4.25. The van der Waals surface area contributed by atoms with Gasteiger partial charge in [-0.15, -0.1) is 5.10 Å². The highest BCUT2D eigenvalue weighted by Crippen LogP contribution is 2.14. The SMILES string of the molecule is C.CC(C)c1cn(C(C)C)nn1.CC(C)c1cnn(C(C)C)c1. The fourth-order valence-electron chi connectivity index (χ4n) is 1.74. The molecular weight excluding hydrogens is 286 g/mol. The van der Waals surface area contributed by atoms with Crippen molar-refractivity contribution in [1.29, 1.82) is 0 Å². The van der Waals surface area contributed by atoms with Crippen molar-refractivity contribution in [1.82, 2.24) is 24.8 Å². The Bertz CT molecular complexity index is 454. The highest BCUT2D eigenvalue weighted by atomic mass is 15.4. The van der Waals surface area contributed by atoms with E-state index in [1.807, 2.05) is 21.8 Å². The molecule has 0 atom stereocenters. The third kappa shape index (κ3) is 6.55. The Hall–Kier alpha value is -1.65. The fraction of sp³-hybridized carbons (Fsp3) is 0.722. The van der Waals surface area contributed by atoms with E-state index in [2.05, 4.69) is 77.0 Å². The van der Waals surface area contributed by atoms with E-state index in [-0.39, 0.29) is 7.43 Å². The lowest BCUT2D eigenvalue weighted by molar-refractivity contribution is 0.514.